The van der Waals surface area contributed by atoms with Crippen LogP contribution in [0.2, 0.25) is 0 Å². The highest BCUT2D eigenvalue weighted by Crippen LogP contribution is 2.25. The molecule has 0 spiro atoms. The van der Waals surface area contributed by atoms with Gasteiger partial charge in [-0.25, -0.2) is 0 Å². The van der Waals surface area contributed by atoms with Gasteiger partial charge < -0.3 is 15.1 Å². The normalized spacial score (nSPS) is 14.1. The number of aryl methyl sites for hydroxylation is 2. The maximum Gasteiger partial charge on any atom is 0.256 e. The Labute approximate surface area is 152 Å². The Hall–Kier alpha value is -3.15. The fraction of sp³-hybridized carbons (Fsp3) is 0.250. The van der Waals surface area contributed by atoms with Crippen molar-refractivity contribution in [3.8, 4) is 0 Å². The molecule has 26 heavy (non-hydrogen) atoms. The van der Waals surface area contributed by atoms with E-state index in [1.165, 1.54) is 9.80 Å². The predicted octanol–water partition coefficient (Wildman–Crippen LogP) is 2.36. The van der Waals surface area contributed by atoms with Crippen LogP contribution in [0.15, 0.2) is 42.5 Å². The van der Waals surface area contributed by atoms with Gasteiger partial charge in [0.15, 0.2) is 0 Å². The number of hydrogen-bond acceptors (Lipinski definition) is 3. The molecule has 0 saturated carbocycles. The lowest BCUT2D eigenvalue weighted by Crippen LogP contribution is -2.41. The zero-order valence-corrected chi connectivity index (χ0v) is 15.1. The first-order chi connectivity index (χ1) is 12.4. The Morgan fingerprint density at radius 1 is 1.12 bits per heavy atom. The number of fused-ring (bicyclic) bond motifs is 1. The summed E-state index contributed by atoms with van der Waals surface area (Å²) in [5.41, 5.74) is 3.58. The van der Waals surface area contributed by atoms with Gasteiger partial charge in [-0.1, -0.05) is 24.3 Å². The van der Waals surface area contributed by atoms with Gasteiger partial charge in [-0.2, -0.15) is 0 Å². The van der Waals surface area contributed by atoms with E-state index in [-0.39, 0.29) is 30.8 Å². The van der Waals surface area contributed by atoms with Crippen molar-refractivity contribution in [1.29, 1.82) is 0 Å². The van der Waals surface area contributed by atoms with E-state index in [1.54, 1.807) is 31.3 Å². The van der Waals surface area contributed by atoms with Crippen molar-refractivity contribution in [2.24, 2.45) is 0 Å². The molecule has 2 aromatic rings. The Balaban J connectivity index is 1.87. The fourth-order valence-corrected chi connectivity index (χ4v) is 2.97. The van der Waals surface area contributed by atoms with E-state index in [4.69, 9.17) is 0 Å². The third-order valence-corrected chi connectivity index (χ3v) is 4.41. The van der Waals surface area contributed by atoms with Crippen LogP contribution in [0.5, 0.6) is 0 Å². The molecule has 6 heteroatoms. The van der Waals surface area contributed by atoms with Gasteiger partial charge in [-0.15, -0.1) is 0 Å². The number of hydrogen-bond donors (Lipinski definition) is 1. The number of rotatable bonds is 3. The Bertz CT molecular complexity index is 892. The van der Waals surface area contributed by atoms with Gasteiger partial charge in [-0.05, 0) is 43.2 Å². The lowest BCUT2D eigenvalue weighted by molar-refractivity contribution is -0.121. The average Bonchev–Trinajstić information content (AvgIpc) is 2.69. The van der Waals surface area contributed by atoms with Crippen LogP contribution in [0, 0.1) is 13.8 Å². The SMILES string of the molecule is Cc1ccc(C)c(NC(=O)CN2C(=O)CN(C)C(=O)c3ccccc32)c1. The number of amides is 3. The van der Waals surface area contributed by atoms with Crippen molar-refractivity contribution in [1.82, 2.24) is 4.90 Å². The summed E-state index contributed by atoms with van der Waals surface area (Å²) in [5, 5.41) is 2.86. The number of likely N-dealkylation sites (N-methyl/N-ethyl adjacent to an activating group) is 1. The third-order valence-electron chi connectivity index (χ3n) is 4.41. The lowest BCUT2D eigenvalue weighted by atomic mass is 10.1. The molecule has 0 unspecified atom stereocenters. The number of para-hydroxylation sites is 1. The van der Waals surface area contributed by atoms with Crippen LogP contribution >= 0.6 is 0 Å². The molecule has 6 nitrogen and oxygen atoms in total. The number of nitrogens with one attached hydrogen (secondary N) is 1. The minimum absolute atomic E-state index is 0.0652. The van der Waals surface area contributed by atoms with E-state index >= 15 is 0 Å². The molecule has 0 bridgehead atoms. The van der Waals surface area contributed by atoms with Crippen molar-refractivity contribution in [2.75, 3.05) is 30.4 Å². The molecule has 1 N–H and O–H groups in total. The summed E-state index contributed by atoms with van der Waals surface area (Å²) in [6.07, 6.45) is 0. The van der Waals surface area contributed by atoms with E-state index in [0.29, 0.717) is 11.3 Å². The first kappa shape index (κ1) is 17.7. The molecule has 0 aromatic heterocycles. The van der Waals surface area contributed by atoms with E-state index in [2.05, 4.69) is 5.32 Å². The first-order valence-corrected chi connectivity index (χ1v) is 8.39. The molecule has 1 aliphatic rings. The Kier molecular flexibility index (Phi) is 4.75. The minimum atomic E-state index is -0.307. The fourth-order valence-electron chi connectivity index (χ4n) is 2.97. The summed E-state index contributed by atoms with van der Waals surface area (Å²) in [5.74, 6) is -0.827. The molecule has 134 valence electrons. The zero-order valence-electron chi connectivity index (χ0n) is 15.1. The number of carbonyl (C=O) groups excluding carboxylic acids is 3. The summed E-state index contributed by atoms with van der Waals surface area (Å²) >= 11 is 0. The van der Waals surface area contributed by atoms with Crippen LogP contribution in [0.4, 0.5) is 11.4 Å². The van der Waals surface area contributed by atoms with Crippen molar-refractivity contribution >= 4 is 29.1 Å². The first-order valence-electron chi connectivity index (χ1n) is 8.39. The van der Waals surface area contributed by atoms with Crippen LogP contribution in [0.25, 0.3) is 0 Å². The summed E-state index contributed by atoms with van der Waals surface area (Å²) in [6.45, 7) is 3.65. The third kappa shape index (κ3) is 3.44. The van der Waals surface area contributed by atoms with Gasteiger partial charge in [-0.3, -0.25) is 14.4 Å². The molecular weight excluding hydrogens is 330 g/mol. The van der Waals surface area contributed by atoms with Crippen LogP contribution < -0.4 is 10.2 Å². The maximum absolute atomic E-state index is 12.6. The topological polar surface area (TPSA) is 69.7 Å². The van der Waals surface area contributed by atoms with Crippen molar-refractivity contribution in [3.63, 3.8) is 0 Å². The van der Waals surface area contributed by atoms with Gasteiger partial charge in [0.05, 0.1) is 11.3 Å². The van der Waals surface area contributed by atoms with Crippen molar-refractivity contribution < 1.29 is 14.4 Å². The molecular formula is C20H21N3O3. The van der Waals surface area contributed by atoms with Crippen LogP contribution in [0.1, 0.15) is 21.5 Å². The monoisotopic (exact) mass is 351 g/mol. The molecule has 0 saturated heterocycles. The average molecular weight is 351 g/mol. The largest absolute Gasteiger partial charge is 0.332 e. The number of benzene rings is 2. The minimum Gasteiger partial charge on any atom is -0.332 e. The molecule has 0 radical (unpaired) electrons. The smallest absolute Gasteiger partial charge is 0.256 e. The molecule has 1 heterocycles. The van der Waals surface area contributed by atoms with Gasteiger partial charge in [0.25, 0.3) is 5.91 Å². The molecule has 1 aliphatic heterocycles. The standard InChI is InChI=1S/C20H21N3O3/c1-13-8-9-14(2)16(10-13)21-18(24)11-23-17-7-5-4-6-15(17)20(26)22(3)12-19(23)25/h4-10H,11-12H2,1-3H3,(H,21,24). The highest BCUT2D eigenvalue weighted by Gasteiger charge is 2.30. The Morgan fingerprint density at radius 3 is 2.62 bits per heavy atom. The number of carbonyl (C=O) groups is 3. The van der Waals surface area contributed by atoms with E-state index < -0.39 is 0 Å². The van der Waals surface area contributed by atoms with E-state index in [0.717, 1.165) is 16.8 Å². The Morgan fingerprint density at radius 2 is 1.85 bits per heavy atom. The summed E-state index contributed by atoms with van der Waals surface area (Å²) < 4.78 is 0. The van der Waals surface area contributed by atoms with E-state index in [1.807, 2.05) is 32.0 Å². The molecule has 0 aliphatic carbocycles. The molecule has 0 atom stereocenters. The van der Waals surface area contributed by atoms with Crippen molar-refractivity contribution in [2.45, 2.75) is 13.8 Å². The summed E-state index contributed by atoms with van der Waals surface area (Å²) in [6, 6.07) is 12.7. The van der Waals surface area contributed by atoms with Gasteiger partial charge in [0.2, 0.25) is 11.8 Å². The zero-order chi connectivity index (χ0) is 18.8. The maximum atomic E-state index is 12.6. The number of anilines is 2. The van der Waals surface area contributed by atoms with E-state index in [9.17, 15) is 14.4 Å². The molecule has 3 amide bonds. The second-order valence-corrected chi connectivity index (χ2v) is 6.52. The second kappa shape index (κ2) is 7.00. The highest BCUT2D eigenvalue weighted by molar-refractivity contribution is 6.12. The van der Waals surface area contributed by atoms with Crippen LogP contribution in [0.3, 0.4) is 0 Å². The van der Waals surface area contributed by atoms with Crippen LogP contribution in [-0.2, 0) is 9.59 Å². The highest BCUT2D eigenvalue weighted by atomic mass is 16.2. The quantitative estimate of drug-likeness (QED) is 0.923. The predicted molar refractivity (Wildman–Crippen MR) is 100 cm³/mol. The van der Waals surface area contributed by atoms with Gasteiger partial charge >= 0.3 is 0 Å². The molecule has 2 aromatic carbocycles. The van der Waals surface area contributed by atoms with Crippen LogP contribution in [-0.4, -0.2) is 42.8 Å². The summed E-state index contributed by atoms with van der Waals surface area (Å²) in [7, 11) is 1.58. The lowest BCUT2D eigenvalue weighted by Gasteiger charge is -2.22. The van der Waals surface area contributed by atoms with Gasteiger partial charge in [0, 0.05) is 12.7 Å². The number of nitrogens with zero attached hydrogens (tertiary/aromatic N) is 2. The molecule has 3 rings (SSSR count). The van der Waals surface area contributed by atoms with Gasteiger partial charge in [0.1, 0.15) is 13.1 Å². The summed E-state index contributed by atoms with van der Waals surface area (Å²) in [4.78, 5) is 40.3. The second-order valence-electron chi connectivity index (χ2n) is 6.52. The molecule has 0 fully saturated rings. The van der Waals surface area contributed by atoms with Crippen molar-refractivity contribution in [3.05, 3.63) is 59.2 Å².